The first kappa shape index (κ1) is 19.2. The molecule has 0 saturated carbocycles. The van der Waals surface area contributed by atoms with E-state index in [4.69, 9.17) is 16.3 Å². The Hall–Kier alpha value is -0.893. The van der Waals surface area contributed by atoms with Crippen LogP contribution in [-0.2, 0) is 24.6 Å². The monoisotopic (exact) mass is 348 g/mol. The van der Waals surface area contributed by atoms with Crippen LogP contribution in [0.2, 0.25) is 25.7 Å². The van der Waals surface area contributed by atoms with Gasteiger partial charge in [0.25, 0.3) is 5.56 Å². The van der Waals surface area contributed by atoms with Gasteiger partial charge in [0.15, 0.2) is 0 Å². The molecule has 0 radical (unpaired) electrons. The molecule has 6 nitrogen and oxygen atoms in total. The van der Waals surface area contributed by atoms with Crippen LogP contribution in [0, 0.1) is 0 Å². The summed E-state index contributed by atoms with van der Waals surface area (Å²) in [4.78, 5) is 24.3. The van der Waals surface area contributed by atoms with Gasteiger partial charge in [-0.2, -0.15) is 0 Å². The fraction of sp³-hybridized carbons (Fsp3) is 0.714. The van der Waals surface area contributed by atoms with Crippen LogP contribution in [0.4, 0.5) is 0 Å². The van der Waals surface area contributed by atoms with Gasteiger partial charge in [0.1, 0.15) is 6.73 Å². The van der Waals surface area contributed by atoms with E-state index >= 15 is 0 Å². The molecule has 8 heteroatoms. The normalized spacial score (nSPS) is 11.9. The summed E-state index contributed by atoms with van der Waals surface area (Å²) < 4.78 is 7.98. The maximum Gasteiger partial charge on any atom is 0.332 e. The van der Waals surface area contributed by atoms with Gasteiger partial charge in [-0.25, -0.2) is 4.79 Å². The molecule has 126 valence electrons. The SMILES string of the molecule is C[Si](C)(C)CCOCn1cc(CO)c(=O)n(CCCCl)c1=O. The largest absolute Gasteiger partial charge is 0.391 e. The summed E-state index contributed by atoms with van der Waals surface area (Å²) in [6.45, 7) is 7.24. The molecule has 0 aliphatic rings. The van der Waals surface area contributed by atoms with Crippen LogP contribution >= 0.6 is 11.6 Å². The van der Waals surface area contributed by atoms with Gasteiger partial charge in [-0.05, 0) is 12.5 Å². The predicted molar refractivity (Wildman–Crippen MR) is 90.3 cm³/mol. The molecule has 1 aromatic rings. The molecule has 0 bridgehead atoms. The maximum atomic E-state index is 12.3. The van der Waals surface area contributed by atoms with Crippen LogP contribution in [0.15, 0.2) is 15.8 Å². The number of halogens is 1. The van der Waals surface area contributed by atoms with Gasteiger partial charge in [-0.15, -0.1) is 11.6 Å². The smallest absolute Gasteiger partial charge is 0.332 e. The summed E-state index contributed by atoms with van der Waals surface area (Å²) in [6, 6.07) is 1.00. The maximum absolute atomic E-state index is 12.3. The first-order chi connectivity index (χ1) is 10.3. The molecule has 0 unspecified atom stereocenters. The number of hydrogen-bond acceptors (Lipinski definition) is 4. The van der Waals surface area contributed by atoms with Crippen molar-refractivity contribution in [2.45, 2.75) is 52.0 Å². The summed E-state index contributed by atoms with van der Waals surface area (Å²) in [6.07, 6.45) is 1.89. The lowest BCUT2D eigenvalue weighted by Gasteiger charge is -2.16. The second-order valence-corrected chi connectivity index (χ2v) is 12.4. The lowest BCUT2D eigenvalue weighted by Crippen LogP contribution is -2.42. The number of aliphatic hydroxyl groups excluding tert-OH is 1. The Labute approximate surface area is 136 Å². The second kappa shape index (κ2) is 8.66. The molecule has 0 fully saturated rings. The van der Waals surface area contributed by atoms with Gasteiger partial charge in [-0.1, -0.05) is 19.6 Å². The van der Waals surface area contributed by atoms with E-state index in [2.05, 4.69) is 19.6 Å². The number of ether oxygens (including phenoxy) is 1. The van der Waals surface area contributed by atoms with Crippen molar-refractivity contribution >= 4 is 19.7 Å². The van der Waals surface area contributed by atoms with E-state index in [1.807, 2.05) is 0 Å². The summed E-state index contributed by atoms with van der Waals surface area (Å²) in [7, 11) is -1.19. The van der Waals surface area contributed by atoms with Crippen molar-refractivity contribution in [3.63, 3.8) is 0 Å². The van der Waals surface area contributed by atoms with E-state index < -0.39 is 25.9 Å². The average molecular weight is 349 g/mol. The molecule has 0 aliphatic carbocycles. The van der Waals surface area contributed by atoms with Crippen molar-refractivity contribution in [2.75, 3.05) is 12.5 Å². The van der Waals surface area contributed by atoms with Crippen molar-refractivity contribution in [1.29, 1.82) is 0 Å². The number of aliphatic hydroxyl groups is 1. The van der Waals surface area contributed by atoms with E-state index in [1.165, 1.54) is 10.8 Å². The van der Waals surface area contributed by atoms with Crippen LogP contribution in [0.1, 0.15) is 12.0 Å². The molecule has 22 heavy (non-hydrogen) atoms. The molecule has 0 spiro atoms. The van der Waals surface area contributed by atoms with E-state index in [0.717, 1.165) is 10.6 Å². The topological polar surface area (TPSA) is 73.5 Å². The van der Waals surface area contributed by atoms with Crippen LogP contribution in [0.25, 0.3) is 0 Å². The molecule has 1 heterocycles. The van der Waals surface area contributed by atoms with Gasteiger partial charge < -0.3 is 9.84 Å². The zero-order valence-electron chi connectivity index (χ0n) is 13.5. The molecule has 0 aromatic carbocycles. The molecule has 1 aromatic heterocycles. The third-order valence-corrected chi connectivity index (χ3v) is 5.19. The summed E-state index contributed by atoms with van der Waals surface area (Å²) in [5.41, 5.74) is -0.709. The number of rotatable bonds is 9. The second-order valence-electron chi connectivity index (χ2n) is 6.41. The highest BCUT2D eigenvalue weighted by Gasteiger charge is 2.13. The van der Waals surface area contributed by atoms with Gasteiger partial charge >= 0.3 is 5.69 Å². The van der Waals surface area contributed by atoms with E-state index in [-0.39, 0.29) is 18.8 Å². The van der Waals surface area contributed by atoms with E-state index in [1.54, 1.807) is 0 Å². The molecule has 0 atom stereocenters. The number of hydrogen-bond donors (Lipinski definition) is 1. The summed E-state index contributed by atoms with van der Waals surface area (Å²) in [5, 5.41) is 9.27. The lowest BCUT2D eigenvalue weighted by atomic mass is 10.3. The standard InChI is InChI=1S/C14H25ClN2O4Si/c1-22(2,3)8-7-21-11-16-9-12(10-18)13(19)17(14(16)20)6-4-5-15/h9,18H,4-8,10-11H2,1-3H3. The fourth-order valence-electron chi connectivity index (χ4n) is 1.87. The molecule has 0 saturated heterocycles. The van der Waals surface area contributed by atoms with Crippen molar-refractivity contribution in [1.82, 2.24) is 9.13 Å². The molecule has 1 N–H and O–H groups in total. The lowest BCUT2D eigenvalue weighted by molar-refractivity contribution is 0.0818. The Morgan fingerprint density at radius 3 is 2.55 bits per heavy atom. The van der Waals surface area contributed by atoms with Gasteiger partial charge in [0.05, 0.1) is 12.2 Å². The molecule has 0 aliphatic heterocycles. The van der Waals surface area contributed by atoms with Crippen molar-refractivity contribution in [3.05, 3.63) is 32.6 Å². The van der Waals surface area contributed by atoms with E-state index in [9.17, 15) is 14.7 Å². The minimum Gasteiger partial charge on any atom is -0.391 e. The molecular formula is C14H25ClN2O4Si. The highest BCUT2D eigenvalue weighted by atomic mass is 35.5. The Morgan fingerprint density at radius 1 is 1.32 bits per heavy atom. The molecular weight excluding hydrogens is 324 g/mol. The third-order valence-electron chi connectivity index (χ3n) is 3.22. The minimum atomic E-state index is -1.19. The third kappa shape index (κ3) is 5.72. The quantitative estimate of drug-likeness (QED) is 0.416. The Morgan fingerprint density at radius 2 is 2.00 bits per heavy atom. The van der Waals surface area contributed by atoms with Crippen LogP contribution < -0.4 is 11.2 Å². The van der Waals surface area contributed by atoms with Crippen molar-refractivity contribution in [2.24, 2.45) is 0 Å². The zero-order valence-corrected chi connectivity index (χ0v) is 15.2. The van der Waals surface area contributed by atoms with E-state index in [0.29, 0.717) is 18.9 Å². The minimum absolute atomic E-state index is 0.0808. The van der Waals surface area contributed by atoms with Crippen LogP contribution in [0.5, 0.6) is 0 Å². The first-order valence-corrected chi connectivity index (χ1v) is 11.6. The highest BCUT2D eigenvalue weighted by molar-refractivity contribution is 6.76. The number of alkyl halides is 1. The number of nitrogens with zero attached hydrogens (tertiary/aromatic N) is 2. The van der Waals surface area contributed by atoms with Gasteiger partial charge in [0.2, 0.25) is 0 Å². The van der Waals surface area contributed by atoms with Gasteiger partial charge in [0, 0.05) is 33.3 Å². The predicted octanol–water partition coefficient (Wildman–Crippen LogP) is 1.44. The Bertz CT molecular complexity index is 592. The first-order valence-electron chi connectivity index (χ1n) is 7.38. The Balaban J connectivity index is 2.90. The Kier molecular flexibility index (Phi) is 7.54. The van der Waals surface area contributed by atoms with Crippen LogP contribution in [-0.4, -0.2) is 34.8 Å². The summed E-state index contributed by atoms with van der Waals surface area (Å²) >= 11 is 5.62. The zero-order chi connectivity index (χ0) is 16.8. The highest BCUT2D eigenvalue weighted by Crippen LogP contribution is 2.07. The number of aromatic nitrogens is 2. The van der Waals surface area contributed by atoms with Crippen molar-refractivity contribution < 1.29 is 9.84 Å². The van der Waals surface area contributed by atoms with Gasteiger partial charge in [-0.3, -0.25) is 13.9 Å². The fourth-order valence-corrected chi connectivity index (χ4v) is 2.75. The average Bonchev–Trinajstić information content (AvgIpc) is 2.44. The van der Waals surface area contributed by atoms with Crippen molar-refractivity contribution in [3.8, 4) is 0 Å². The summed E-state index contributed by atoms with van der Waals surface area (Å²) in [5.74, 6) is 0.363. The molecule has 0 amide bonds. The van der Waals surface area contributed by atoms with Crippen LogP contribution in [0.3, 0.4) is 0 Å². The molecule has 1 rings (SSSR count).